The molecule has 2 rings (SSSR count). The molecule has 0 saturated heterocycles. The summed E-state index contributed by atoms with van der Waals surface area (Å²) in [5, 5.41) is 10.9. The summed E-state index contributed by atoms with van der Waals surface area (Å²) in [5.41, 5.74) is 0.683. The minimum absolute atomic E-state index is 0.0731. The summed E-state index contributed by atoms with van der Waals surface area (Å²) in [4.78, 5) is 16.1. The SMILES string of the molecule is COc1cccc(N(C)c2cc([N+](=O)[O-])cc(Cl)n2)c1. The first-order chi connectivity index (χ1) is 9.51. The van der Waals surface area contributed by atoms with E-state index in [-0.39, 0.29) is 10.8 Å². The summed E-state index contributed by atoms with van der Waals surface area (Å²) in [6.45, 7) is 0. The predicted octanol–water partition coefficient (Wildman–Crippen LogP) is 3.42. The molecule has 6 nitrogen and oxygen atoms in total. The Bertz CT molecular complexity index is 649. The van der Waals surface area contributed by atoms with E-state index in [1.165, 1.54) is 12.1 Å². The Kier molecular flexibility index (Phi) is 4.05. The lowest BCUT2D eigenvalue weighted by Gasteiger charge is -2.18. The van der Waals surface area contributed by atoms with Gasteiger partial charge in [0, 0.05) is 18.8 Å². The van der Waals surface area contributed by atoms with Crippen LogP contribution in [0.3, 0.4) is 0 Å². The maximum Gasteiger partial charge on any atom is 0.276 e. The predicted molar refractivity (Wildman–Crippen MR) is 77.0 cm³/mol. The van der Waals surface area contributed by atoms with Crippen LogP contribution in [-0.2, 0) is 0 Å². The zero-order valence-electron chi connectivity index (χ0n) is 10.9. The van der Waals surface area contributed by atoms with E-state index in [1.807, 2.05) is 18.2 Å². The first kappa shape index (κ1) is 14.1. The van der Waals surface area contributed by atoms with Crippen molar-refractivity contribution in [3.63, 3.8) is 0 Å². The highest BCUT2D eigenvalue weighted by Crippen LogP contribution is 2.29. The van der Waals surface area contributed by atoms with E-state index in [0.29, 0.717) is 11.6 Å². The van der Waals surface area contributed by atoms with Gasteiger partial charge in [-0.3, -0.25) is 10.1 Å². The number of anilines is 2. The molecule has 1 aromatic heterocycles. The third-order valence-corrected chi connectivity index (χ3v) is 2.95. The molecule has 104 valence electrons. The molecule has 0 radical (unpaired) electrons. The van der Waals surface area contributed by atoms with Gasteiger partial charge in [-0.05, 0) is 12.1 Å². The van der Waals surface area contributed by atoms with Gasteiger partial charge in [0.2, 0.25) is 0 Å². The van der Waals surface area contributed by atoms with Crippen LogP contribution in [0.25, 0.3) is 0 Å². The van der Waals surface area contributed by atoms with Crippen LogP contribution in [0.5, 0.6) is 5.75 Å². The van der Waals surface area contributed by atoms with E-state index in [1.54, 1.807) is 25.1 Å². The Hall–Kier alpha value is -2.34. The number of hydrogen-bond acceptors (Lipinski definition) is 5. The van der Waals surface area contributed by atoms with Crippen molar-refractivity contribution in [2.45, 2.75) is 0 Å². The zero-order chi connectivity index (χ0) is 14.7. The molecule has 0 N–H and O–H groups in total. The Morgan fingerprint density at radius 3 is 2.75 bits per heavy atom. The first-order valence-electron chi connectivity index (χ1n) is 5.71. The first-order valence-corrected chi connectivity index (χ1v) is 6.09. The molecular weight excluding hydrogens is 282 g/mol. The minimum Gasteiger partial charge on any atom is -0.497 e. The van der Waals surface area contributed by atoms with Gasteiger partial charge in [-0.15, -0.1) is 0 Å². The fraction of sp³-hybridized carbons (Fsp3) is 0.154. The molecule has 20 heavy (non-hydrogen) atoms. The Morgan fingerprint density at radius 2 is 2.10 bits per heavy atom. The summed E-state index contributed by atoms with van der Waals surface area (Å²) in [6.07, 6.45) is 0. The van der Waals surface area contributed by atoms with Crippen molar-refractivity contribution in [2.75, 3.05) is 19.1 Å². The Morgan fingerprint density at radius 1 is 1.35 bits per heavy atom. The minimum atomic E-state index is -0.503. The maximum atomic E-state index is 10.8. The molecule has 0 saturated carbocycles. The number of nitro groups is 1. The number of hydrogen-bond donors (Lipinski definition) is 0. The number of rotatable bonds is 4. The maximum absolute atomic E-state index is 10.8. The molecule has 0 amide bonds. The number of ether oxygens (including phenoxy) is 1. The second kappa shape index (κ2) is 5.75. The molecule has 0 aliphatic carbocycles. The number of aromatic nitrogens is 1. The van der Waals surface area contributed by atoms with Gasteiger partial charge in [-0.25, -0.2) is 4.98 Å². The smallest absolute Gasteiger partial charge is 0.276 e. The monoisotopic (exact) mass is 293 g/mol. The second-order valence-electron chi connectivity index (χ2n) is 4.02. The van der Waals surface area contributed by atoms with Crippen LogP contribution in [-0.4, -0.2) is 24.1 Å². The van der Waals surface area contributed by atoms with Crippen molar-refractivity contribution in [2.24, 2.45) is 0 Å². The highest BCUT2D eigenvalue weighted by molar-refractivity contribution is 6.29. The summed E-state index contributed by atoms with van der Waals surface area (Å²) in [5.74, 6) is 1.07. The van der Waals surface area contributed by atoms with Crippen molar-refractivity contribution >= 4 is 28.8 Å². The zero-order valence-corrected chi connectivity index (χ0v) is 11.7. The molecule has 0 aliphatic rings. The molecule has 0 fully saturated rings. The number of pyridine rings is 1. The topological polar surface area (TPSA) is 68.5 Å². The molecule has 2 aromatic rings. The highest BCUT2D eigenvalue weighted by atomic mass is 35.5. The normalized spacial score (nSPS) is 10.2. The van der Waals surface area contributed by atoms with Gasteiger partial charge >= 0.3 is 0 Å². The van der Waals surface area contributed by atoms with Gasteiger partial charge < -0.3 is 9.64 Å². The lowest BCUT2D eigenvalue weighted by Crippen LogP contribution is -2.11. The molecule has 7 heteroatoms. The van der Waals surface area contributed by atoms with E-state index >= 15 is 0 Å². The third-order valence-electron chi connectivity index (χ3n) is 2.76. The van der Waals surface area contributed by atoms with Crippen LogP contribution in [0.4, 0.5) is 17.2 Å². The van der Waals surface area contributed by atoms with Crippen molar-refractivity contribution in [1.82, 2.24) is 4.98 Å². The van der Waals surface area contributed by atoms with Crippen LogP contribution in [0.2, 0.25) is 5.15 Å². The van der Waals surface area contributed by atoms with Crippen molar-refractivity contribution < 1.29 is 9.66 Å². The quantitative estimate of drug-likeness (QED) is 0.491. The third kappa shape index (κ3) is 2.97. The van der Waals surface area contributed by atoms with Gasteiger partial charge in [-0.1, -0.05) is 17.7 Å². The number of nitrogens with zero attached hydrogens (tertiary/aromatic N) is 3. The van der Waals surface area contributed by atoms with Gasteiger partial charge in [0.1, 0.15) is 16.7 Å². The molecule has 0 atom stereocenters. The molecule has 0 aliphatic heterocycles. The number of methoxy groups -OCH3 is 1. The van der Waals surface area contributed by atoms with Gasteiger partial charge in [0.15, 0.2) is 0 Å². The van der Waals surface area contributed by atoms with E-state index < -0.39 is 4.92 Å². The lowest BCUT2D eigenvalue weighted by molar-refractivity contribution is -0.384. The number of benzene rings is 1. The van der Waals surface area contributed by atoms with Crippen LogP contribution in [0.15, 0.2) is 36.4 Å². The van der Waals surface area contributed by atoms with E-state index in [0.717, 1.165) is 5.69 Å². The fourth-order valence-corrected chi connectivity index (χ4v) is 1.90. The van der Waals surface area contributed by atoms with E-state index in [9.17, 15) is 10.1 Å². The van der Waals surface area contributed by atoms with Gasteiger partial charge in [-0.2, -0.15) is 0 Å². The summed E-state index contributed by atoms with van der Waals surface area (Å²) in [6, 6.07) is 9.86. The molecule has 0 unspecified atom stereocenters. The summed E-state index contributed by atoms with van der Waals surface area (Å²) < 4.78 is 5.15. The van der Waals surface area contributed by atoms with Gasteiger partial charge in [0.05, 0.1) is 24.2 Å². The molecule has 1 aromatic carbocycles. The van der Waals surface area contributed by atoms with Crippen molar-refractivity contribution in [1.29, 1.82) is 0 Å². The highest BCUT2D eigenvalue weighted by Gasteiger charge is 2.14. The average molecular weight is 294 g/mol. The standard InChI is InChI=1S/C13H12ClN3O3/c1-16(9-4-3-5-11(6-9)20-2)13-8-10(17(18)19)7-12(14)15-13/h3-8H,1-2H3. The largest absolute Gasteiger partial charge is 0.497 e. The van der Waals surface area contributed by atoms with Crippen LogP contribution >= 0.6 is 11.6 Å². The fourth-order valence-electron chi connectivity index (χ4n) is 1.70. The lowest BCUT2D eigenvalue weighted by atomic mass is 10.2. The molecule has 0 spiro atoms. The molecule has 0 bridgehead atoms. The van der Waals surface area contributed by atoms with Crippen LogP contribution in [0, 0.1) is 10.1 Å². The Labute approximate surface area is 120 Å². The summed E-state index contributed by atoms with van der Waals surface area (Å²) >= 11 is 5.82. The van der Waals surface area contributed by atoms with Crippen molar-refractivity contribution in [3.05, 3.63) is 51.7 Å². The van der Waals surface area contributed by atoms with Crippen LogP contribution in [0.1, 0.15) is 0 Å². The van der Waals surface area contributed by atoms with Crippen LogP contribution < -0.4 is 9.64 Å². The molecule has 1 heterocycles. The molecular formula is C13H12ClN3O3. The van der Waals surface area contributed by atoms with E-state index in [4.69, 9.17) is 16.3 Å². The number of halogens is 1. The van der Waals surface area contributed by atoms with Crippen molar-refractivity contribution in [3.8, 4) is 5.75 Å². The second-order valence-corrected chi connectivity index (χ2v) is 4.41. The Balaban J connectivity index is 2.41. The van der Waals surface area contributed by atoms with E-state index in [2.05, 4.69) is 4.98 Å². The average Bonchev–Trinajstić information content (AvgIpc) is 2.45. The van der Waals surface area contributed by atoms with Gasteiger partial charge in [0.25, 0.3) is 5.69 Å². The summed E-state index contributed by atoms with van der Waals surface area (Å²) in [7, 11) is 3.32.